The van der Waals surface area contributed by atoms with Crippen LogP contribution in [0.25, 0.3) is 0 Å². The van der Waals surface area contributed by atoms with Crippen molar-refractivity contribution < 1.29 is 27.1 Å². The molecule has 168 valence electrons. The van der Waals surface area contributed by atoms with Crippen molar-refractivity contribution in [2.45, 2.75) is 18.9 Å². The predicted octanol–water partition coefficient (Wildman–Crippen LogP) is 1.28. The lowest BCUT2D eigenvalue weighted by Gasteiger charge is -2.30. The van der Waals surface area contributed by atoms with Gasteiger partial charge in [0.1, 0.15) is 28.7 Å². The number of benzene rings is 1. The standard InChI is InChI=1S/C19H24FN5O5S/c1-29-12-8-14(20)16(15(9-12)30-2)17(26)13-10-22-19(24-18(13)21)23-11-4-6-25(7-5-11)31(3,27)28/h8-11H,4-7H2,1-3H3,(H3,21,22,23,24). The largest absolute Gasteiger partial charge is 0.497 e. The lowest BCUT2D eigenvalue weighted by molar-refractivity contribution is 0.103. The Morgan fingerprint density at radius 1 is 1.26 bits per heavy atom. The Morgan fingerprint density at radius 2 is 1.94 bits per heavy atom. The van der Waals surface area contributed by atoms with Crippen molar-refractivity contribution in [3.8, 4) is 11.5 Å². The Kier molecular flexibility index (Phi) is 6.60. The maximum Gasteiger partial charge on any atom is 0.224 e. The van der Waals surface area contributed by atoms with Gasteiger partial charge in [-0.25, -0.2) is 22.1 Å². The van der Waals surface area contributed by atoms with E-state index in [0.29, 0.717) is 25.9 Å². The number of nitrogens with two attached hydrogens (primary N) is 1. The molecule has 1 aliphatic heterocycles. The molecule has 1 aromatic heterocycles. The minimum absolute atomic E-state index is 0.00101. The Bertz CT molecular complexity index is 1090. The average Bonchev–Trinajstić information content (AvgIpc) is 2.72. The van der Waals surface area contributed by atoms with Crippen molar-refractivity contribution in [3.63, 3.8) is 0 Å². The third kappa shape index (κ3) is 5.02. The van der Waals surface area contributed by atoms with E-state index in [2.05, 4.69) is 15.3 Å². The molecular weight excluding hydrogens is 429 g/mol. The summed E-state index contributed by atoms with van der Waals surface area (Å²) in [6, 6.07) is 2.43. The summed E-state index contributed by atoms with van der Waals surface area (Å²) in [7, 11) is -0.530. The molecule has 1 fully saturated rings. The molecule has 12 heteroatoms. The maximum absolute atomic E-state index is 14.5. The lowest BCUT2D eigenvalue weighted by atomic mass is 10.0. The van der Waals surface area contributed by atoms with Gasteiger partial charge in [-0.3, -0.25) is 4.79 Å². The van der Waals surface area contributed by atoms with Crippen LogP contribution >= 0.6 is 0 Å². The number of nitrogens with zero attached hydrogens (tertiary/aromatic N) is 3. The molecule has 0 amide bonds. The summed E-state index contributed by atoms with van der Waals surface area (Å²) in [5.74, 6) is -1.25. The fraction of sp³-hybridized carbons (Fsp3) is 0.421. The number of nitrogens with one attached hydrogen (secondary N) is 1. The topological polar surface area (TPSA) is 137 Å². The Balaban J connectivity index is 1.77. The fourth-order valence-corrected chi connectivity index (χ4v) is 4.22. The number of piperidine rings is 1. The molecule has 0 spiro atoms. The highest BCUT2D eigenvalue weighted by atomic mass is 32.2. The van der Waals surface area contributed by atoms with Gasteiger partial charge in [0.2, 0.25) is 21.8 Å². The molecule has 1 aromatic carbocycles. The molecule has 0 atom stereocenters. The Hall–Kier alpha value is -2.99. The summed E-state index contributed by atoms with van der Waals surface area (Å²) in [6.07, 6.45) is 3.55. The third-order valence-electron chi connectivity index (χ3n) is 5.03. The average molecular weight is 453 g/mol. The number of carbonyl (C=O) groups excluding carboxylic acids is 1. The number of nitrogen functional groups attached to an aromatic ring is 1. The van der Waals surface area contributed by atoms with E-state index in [-0.39, 0.29) is 40.4 Å². The van der Waals surface area contributed by atoms with Crippen molar-refractivity contribution in [3.05, 3.63) is 35.3 Å². The zero-order chi connectivity index (χ0) is 22.8. The van der Waals surface area contributed by atoms with Gasteiger partial charge in [0.05, 0.1) is 26.0 Å². The molecule has 0 bridgehead atoms. The van der Waals surface area contributed by atoms with E-state index in [0.717, 1.165) is 6.07 Å². The van der Waals surface area contributed by atoms with E-state index < -0.39 is 21.6 Å². The van der Waals surface area contributed by atoms with Crippen molar-refractivity contribution in [2.24, 2.45) is 0 Å². The van der Waals surface area contributed by atoms with Crippen molar-refractivity contribution in [1.82, 2.24) is 14.3 Å². The normalized spacial score (nSPS) is 15.5. The summed E-state index contributed by atoms with van der Waals surface area (Å²) in [5, 5.41) is 3.10. The highest BCUT2D eigenvalue weighted by Crippen LogP contribution is 2.31. The van der Waals surface area contributed by atoms with Gasteiger partial charge in [0.15, 0.2) is 0 Å². The van der Waals surface area contributed by atoms with E-state index in [4.69, 9.17) is 15.2 Å². The van der Waals surface area contributed by atoms with Gasteiger partial charge in [0, 0.05) is 37.5 Å². The van der Waals surface area contributed by atoms with Crippen LogP contribution in [0.5, 0.6) is 11.5 Å². The molecule has 2 aromatic rings. The lowest BCUT2D eigenvalue weighted by Crippen LogP contribution is -2.42. The van der Waals surface area contributed by atoms with E-state index in [1.807, 2.05) is 0 Å². The molecule has 0 aliphatic carbocycles. The number of ketones is 1. The second-order valence-electron chi connectivity index (χ2n) is 7.09. The molecule has 3 rings (SSSR count). The third-order valence-corrected chi connectivity index (χ3v) is 6.33. The zero-order valence-corrected chi connectivity index (χ0v) is 18.2. The molecule has 0 radical (unpaired) electrons. The number of sulfonamides is 1. The second-order valence-corrected chi connectivity index (χ2v) is 9.07. The quantitative estimate of drug-likeness (QED) is 0.594. The molecule has 2 heterocycles. The number of carbonyl (C=O) groups is 1. The minimum atomic E-state index is -3.22. The molecule has 3 N–H and O–H groups in total. The number of hydrogen-bond donors (Lipinski definition) is 2. The van der Waals surface area contributed by atoms with Crippen LogP contribution in [-0.4, -0.2) is 68.1 Å². The van der Waals surface area contributed by atoms with Crippen molar-refractivity contribution in [2.75, 3.05) is 44.6 Å². The first-order valence-electron chi connectivity index (χ1n) is 9.44. The first-order valence-corrected chi connectivity index (χ1v) is 11.3. The van der Waals surface area contributed by atoms with Crippen LogP contribution in [0.3, 0.4) is 0 Å². The fourth-order valence-electron chi connectivity index (χ4n) is 3.35. The molecule has 0 unspecified atom stereocenters. The van der Waals surface area contributed by atoms with Gasteiger partial charge in [-0.2, -0.15) is 4.98 Å². The summed E-state index contributed by atoms with van der Waals surface area (Å²) >= 11 is 0. The maximum atomic E-state index is 14.5. The number of halogens is 1. The van der Waals surface area contributed by atoms with Crippen LogP contribution in [0.2, 0.25) is 0 Å². The van der Waals surface area contributed by atoms with Crippen LogP contribution in [0.4, 0.5) is 16.2 Å². The van der Waals surface area contributed by atoms with Gasteiger partial charge < -0.3 is 20.5 Å². The molecule has 0 saturated carbocycles. The van der Waals surface area contributed by atoms with E-state index in [1.165, 1.54) is 37.0 Å². The highest BCUT2D eigenvalue weighted by Gasteiger charge is 2.27. The van der Waals surface area contributed by atoms with Gasteiger partial charge >= 0.3 is 0 Å². The Labute approximate surface area is 179 Å². The van der Waals surface area contributed by atoms with E-state index in [9.17, 15) is 17.6 Å². The molecular formula is C19H24FN5O5S. The van der Waals surface area contributed by atoms with Crippen LogP contribution < -0.4 is 20.5 Å². The van der Waals surface area contributed by atoms with Crippen molar-refractivity contribution >= 4 is 27.6 Å². The summed E-state index contributed by atoms with van der Waals surface area (Å²) in [5.41, 5.74) is 5.59. The molecule has 31 heavy (non-hydrogen) atoms. The number of rotatable bonds is 7. The summed E-state index contributed by atoms with van der Waals surface area (Å²) in [6.45, 7) is 0.776. The predicted molar refractivity (Wildman–Crippen MR) is 112 cm³/mol. The number of anilines is 2. The second kappa shape index (κ2) is 9.02. The molecule has 1 aliphatic rings. The number of aromatic nitrogens is 2. The van der Waals surface area contributed by atoms with Crippen LogP contribution in [-0.2, 0) is 10.0 Å². The first-order chi connectivity index (χ1) is 14.6. The SMILES string of the molecule is COc1cc(F)c(C(=O)c2cnc(NC3CCN(S(C)(=O)=O)CC3)nc2N)c(OC)c1. The van der Waals surface area contributed by atoms with Crippen LogP contribution in [0, 0.1) is 5.82 Å². The number of ether oxygens (including phenoxy) is 2. The Morgan fingerprint density at radius 3 is 2.48 bits per heavy atom. The van der Waals surface area contributed by atoms with Crippen LogP contribution in [0.1, 0.15) is 28.8 Å². The van der Waals surface area contributed by atoms with Crippen molar-refractivity contribution in [1.29, 1.82) is 0 Å². The molecule has 1 saturated heterocycles. The zero-order valence-electron chi connectivity index (χ0n) is 17.4. The minimum Gasteiger partial charge on any atom is -0.497 e. The highest BCUT2D eigenvalue weighted by molar-refractivity contribution is 7.88. The summed E-state index contributed by atoms with van der Waals surface area (Å²) < 4.78 is 49.3. The first kappa shape index (κ1) is 22.7. The summed E-state index contributed by atoms with van der Waals surface area (Å²) in [4.78, 5) is 21.1. The van der Waals surface area contributed by atoms with Crippen LogP contribution in [0.15, 0.2) is 18.3 Å². The van der Waals surface area contributed by atoms with E-state index >= 15 is 0 Å². The van der Waals surface area contributed by atoms with Gasteiger partial charge in [-0.1, -0.05) is 0 Å². The van der Waals surface area contributed by atoms with Gasteiger partial charge in [-0.05, 0) is 12.8 Å². The number of hydrogen-bond acceptors (Lipinski definition) is 9. The smallest absolute Gasteiger partial charge is 0.224 e. The molecule has 10 nitrogen and oxygen atoms in total. The monoisotopic (exact) mass is 453 g/mol. The van der Waals surface area contributed by atoms with Gasteiger partial charge in [0.25, 0.3) is 0 Å². The van der Waals surface area contributed by atoms with E-state index in [1.54, 1.807) is 0 Å². The number of methoxy groups -OCH3 is 2. The van der Waals surface area contributed by atoms with Gasteiger partial charge in [-0.15, -0.1) is 0 Å².